The number of hydrogen-bond donors (Lipinski definition) is 2. The van der Waals surface area contributed by atoms with Gasteiger partial charge in [0, 0.05) is 18.5 Å². The lowest BCUT2D eigenvalue weighted by atomic mass is 10.2. The molecule has 0 radical (unpaired) electrons. The summed E-state index contributed by atoms with van der Waals surface area (Å²) in [6, 6.07) is 12.4. The highest BCUT2D eigenvalue weighted by Gasteiger charge is 2.17. The van der Waals surface area contributed by atoms with Gasteiger partial charge >= 0.3 is 0 Å². The number of carbonyl (C=O) groups excluding carboxylic acids is 1. The third-order valence-electron chi connectivity index (χ3n) is 4.06. The number of halogens is 1. The summed E-state index contributed by atoms with van der Waals surface area (Å²) in [7, 11) is -3.63. The van der Waals surface area contributed by atoms with Crippen LogP contribution in [0.5, 0.6) is 0 Å². The number of aryl methyl sites for hydroxylation is 2. The zero-order valence-electron chi connectivity index (χ0n) is 14.9. The van der Waals surface area contributed by atoms with Crippen LogP contribution in [0.4, 0.5) is 0 Å². The van der Waals surface area contributed by atoms with Crippen LogP contribution in [0.15, 0.2) is 56.2 Å². The topological polar surface area (TPSA) is 88.4 Å². The summed E-state index contributed by atoms with van der Waals surface area (Å²) in [6.45, 7) is 3.80. The van der Waals surface area contributed by atoms with Crippen LogP contribution in [0.2, 0.25) is 0 Å². The molecule has 0 aliphatic rings. The lowest BCUT2D eigenvalue weighted by Gasteiger charge is -2.10. The highest BCUT2D eigenvalue weighted by Crippen LogP contribution is 2.26. The van der Waals surface area contributed by atoms with E-state index < -0.39 is 15.9 Å². The van der Waals surface area contributed by atoms with Crippen LogP contribution in [0.3, 0.4) is 0 Å². The zero-order valence-corrected chi connectivity index (χ0v) is 17.3. The minimum Gasteiger partial charge on any atom is -0.450 e. The number of hydrogen-bond acceptors (Lipinski definition) is 4. The number of amides is 1. The number of rotatable bonds is 6. The van der Waals surface area contributed by atoms with Gasteiger partial charge in [0.1, 0.15) is 5.58 Å². The third kappa shape index (κ3) is 4.40. The van der Waals surface area contributed by atoms with Gasteiger partial charge in [0.05, 0.1) is 9.37 Å². The molecule has 1 amide bonds. The molecule has 0 unspecified atom stereocenters. The molecule has 0 saturated carbocycles. The van der Waals surface area contributed by atoms with Crippen molar-refractivity contribution >= 4 is 42.8 Å². The Hall–Kier alpha value is -2.16. The fourth-order valence-corrected chi connectivity index (χ4v) is 4.48. The van der Waals surface area contributed by atoms with Crippen molar-refractivity contribution < 1.29 is 17.6 Å². The molecule has 142 valence electrons. The Balaban J connectivity index is 1.60. The van der Waals surface area contributed by atoms with Crippen LogP contribution >= 0.6 is 15.9 Å². The van der Waals surface area contributed by atoms with Gasteiger partial charge in [0.2, 0.25) is 10.0 Å². The van der Waals surface area contributed by atoms with Crippen molar-refractivity contribution in [2.45, 2.75) is 18.7 Å². The van der Waals surface area contributed by atoms with Crippen LogP contribution < -0.4 is 10.0 Å². The Kier molecular flexibility index (Phi) is 5.69. The molecule has 0 atom stereocenters. The molecule has 8 heteroatoms. The molecule has 2 aromatic carbocycles. The van der Waals surface area contributed by atoms with Gasteiger partial charge in [-0.25, -0.2) is 13.1 Å². The first kappa shape index (κ1) is 19.6. The van der Waals surface area contributed by atoms with Crippen molar-refractivity contribution in [2.75, 3.05) is 13.1 Å². The Morgan fingerprint density at radius 3 is 2.63 bits per heavy atom. The molecule has 6 nitrogen and oxygen atoms in total. The van der Waals surface area contributed by atoms with Gasteiger partial charge in [-0.1, -0.05) is 24.3 Å². The number of para-hydroxylation sites is 1. The molecule has 0 aliphatic carbocycles. The summed E-state index contributed by atoms with van der Waals surface area (Å²) in [5.41, 5.74) is 2.13. The Bertz CT molecular complexity index is 1110. The van der Waals surface area contributed by atoms with Gasteiger partial charge in [-0.15, -0.1) is 0 Å². The van der Waals surface area contributed by atoms with E-state index in [1.54, 1.807) is 25.1 Å². The van der Waals surface area contributed by atoms with Crippen LogP contribution in [-0.4, -0.2) is 27.4 Å². The lowest BCUT2D eigenvalue weighted by Crippen LogP contribution is -2.34. The number of carbonyl (C=O) groups is 1. The van der Waals surface area contributed by atoms with Gasteiger partial charge in [0.25, 0.3) is 5.91 Å². The molecular formula is C19H19BrN2O4S. The Labute approximate surface area is 166 Å². The average Bonchev–Trinajstić information content (AvgIpc) is 3.06. The number of benzene rings is 2. The standard InChI is InChI=1S/C19H19BrN2O4S/c1-12-6-7-13(2)17(10-12)27(24,25)22-9-8-21-19(23)16-11-14-4-3-5-15(20)18(14)26-16/h3-7,10-11,22H,8-9H2,1-2H3,(H,21,23). The first-order valence-electron chi connectivity index (χ1n) is 8.31. The van der Waals surface area contributed by atoms with E-state index in [1.165, 1.54) is 0 Å². The van der Waals surface area contributed by atoms with Gasteiger partial charge in [-0.05, 0) is 59.1 Å². The average molecular weight is 451 g/mol. The largest absolute Gasteiger partial charge is 0.450 e. The van der Waals surface area contributed by atoms with Crippen molar-refractivity contribution in [1.29, 1.82) is 0 Å². The molecule has 2 N–H and O–H groups in total. The third-order valence-corrected chi connectivity index (χ3v) is 6.28. The van der Waals surface area contributed by atoms with Gasteiger partial charge in [-0.3, -0.25) is 4.79 Å². The summed E-state index contributed by atoms with van der Waals surface area (Å²) >= 11 is 3.38. The molecule has 1 aromatic heterocycles. The summed E-state index contributed by atoms with van der Waals surface area (Å²) in [6.07, 6.45) is 0. The molecule has 0 saturated heterocycles. The van der Waals surface area contributed by atoms with Gasteiger partial charge in [-0.2, -0.15) is 0 Å². The van der Waals surface area contributed by atoms with Crippen molar-refractivity contribution in [3.8, 4) is 0 Å². The molecule has 0 spiro atoms. The number of nitrogens with one attached hydrogen (secondary N) is 2. The maximum atomic E-state index is 12.4. The van der Waals surface area contributed by atoms with E-state index in [4.69, 9.17) is 4.42 Å². The minimum atomic E-state index is -3.63. The number of fused-ring (bicyclic) bond motifs is 1. The molecule has 0 aliphatic heterocycles. The summed E-state index contributed by atoms with van der Waals surface area (Å²) in [4.78, 5) is 12.5. The lowest BCUT2D eigenvalue weighted by molar-refractivity contribution is 0.0929. The maximum absolute atomic E-state index is 12.4. The van der Waals surface area contributed by atoms with E-state index in [1.807, 2.05) is 31.2 Å². The second-order valence-corrected chi connectivity index (χ2v) is 8.78. The van der Waals surface area contributed by atoms with Crippen molar-refractivity contribution in [3.63, 3.8) is 0 Å². The van der Waals surface area contributed by atoms with Crippen LogP contribution in [-0.2, 0) is 10.0 Å². The van der Waals surface area contributed by atoms with E-state index in [2.05, 4.69) is 26.0 Å². The molecular weight excluding hydrogens is 432 g/mol. The predicted octanol–water partition coefficient (Wildman–Crippen LogP) is 3.52. The first-order chi connectivity index (χ1) is 12.8. The summed E-state index contributed by atoms with van der Waals surface area (Å²) in [5.74, 6) is -0.224. The normalized spacial score (nSPS) is 11.7. The number of sulfonamides is 1. The summed E-state index contributed by atoms with van der Waals surface area (Å²) < 4.78 is 33.7. The monoisotopic (exact) mass is 450 g/mol. The van der Waals surface area contributed by atoms with E-state index in [-0.39, 0.29) is 23.7 Å². The predicted molar refractivity (Wildman–Crippen MR) is 107 cm³/mol. The molecule has 3 aromatic rings. The first-order valence-corrected chi connectivity index (χ1v) is 10.6. The van der Waals surface area contributed by atoms with E-state index in [0.29, 0.717) is 11.1 Å². The molecule has 1 heterocycles. The molecule has 0 bridgehead atoms. The highest BCUT2D eigenvalue weighted by atomic mass is 79.9. The zero-order chi connectivity index (χ0) is 19.6. The Morgan fingerprint density at radius 2 is 1.89 bits per heavy atom. The minimum absolute atomic E-state index is 0.0748. The van der Waals surface area contributed by atoms with Crippen molar-refractivity contribution in [2.24, 2.45) is 0 Å². The van der Waals surface area contributed by atoms with Crippen molar-refractivity contribution in [3.05, 3.63) is 63.8 Å². The fraction of sp³-hybridized carbons (Fsp3) is 0.211. The molecule has 0 fully saturated rings. The highest BCUT2D eigenvalue weighted by molar-refractivity contribution is 9.10. The quantitative estimate of drug-likeness (QED) is 0.562. The maximum Gasteiger partial charge on any atom is 0.287 e. The van der Waals surface area contributed by atoms with E-state index in [0.717, 1.165) is 15.4 Å². The van der Waals surface area contributed by atoms with E-state index in [9.17, 15) is 13.2 Å². The summed E-state index contributed by atoms with van der Waals surface area (Å²) in [5, 5.41) is 3.46. The van der Waals surface area contributed by atoms with Crippen LogP contribution in [0, 0.1) is 13.8 Å². The van der Waals surface area contributed by atoms with E-state index >= 15 is 0 Å². The molecule has 3 rings (SSSR count). The van der Waals surface area contributed by atoms with Gasteiger partial charge < -0.3 is 9.73 Å². The van der Waals surface area contributed by atoms with Crippen LogP contribution in [0.1, 0.15) is 21.7 Å². The van der Waals surface area contributed by atoms with Crippen LogP contribution in [0.25, 0.3) is 11.0 Å². The second-order valence-electron chi connectivity index (χ2n) is 6.19. The second kappa shape index (κ2) is 7.84. The smallest absolute Gasteiger partial charge is 0.287 e. The Morgan fingerprint density at radius 1 is 1.11 bits per heavy atom. The van der Waals surface area contributed by atoms with Crippen molar-refractivity contribution in [1.82, 2.24) is 10.0 Å². The SMILES string of the molecule is Cc1ccc(C)c(S(=O)(=O)NCCNC(=O)c2cc3cccc(Br)c3o2)c1. The number of furan rings is 1. The van der Waals surface area contributed by atoms with Gasteiger partial charge in [0.15, 0.2) is 5.76 Å². The fourth-order valence-electron chi connectivity index (χ4n) is 2.66. The molecule has 27 heavy (non-hydrogen) atoms.